The first-order valence-electron chi connectivity index (χ1n) is 4.96. The molecule has 12 heavy (non-hydrogen) atoms. The predicted molar refractivity (Wildman–Crippen MR) is 53.3 cm³/mol. The maximum absolute atomic E-state index is 3.69. The van der Waals surface area contributed by atoms with E-state index in [0.717, 1.165) is 18.9 Å². The van der Waals surface area contributed by atoms with E-state index in [0.29, 0.717) is 0 Å². The van der Waals surface area contributed by atoms with Crippen molar-refractivity contribution in [3.05, 3.63) is 12.7 Å². The first-order valence-corrected chi connectivity index (χ1v) is 4.96. The fourth-order valence-electron chi connectivity index (χ4n) is 1.61. The number of rotatable bonds is 5. The first kappa shape index (κ1) is 9.75. The average Bonchev–Trinajstić information content (AvgIpc) is 2.14. The third kappa shape index (κ3) is 3.88. The Labute approximate surface area is 75.4 Å². The van der Waals surface area contributed by atoms with Crippen LogP contribution in [0.5, 0.6) is 0 Å². The van der Waals surface area contributed by atoms with Crippen molar-refractivity contribution in [1.29, 1.82) is 0 Å². The summed E-state index contributed by atoms with van der Waals surface area (Å²) in [7, 11) is 0. The zero-order valence-corrected chi connectivity index (χ0v) is 7.81. The molecule has 0 spiro atoms. The highest BCUT2D eigenvalue weighted by Gasteiger charge is 2.11. The van der Waals surface area contributed by atoms with Crippen LogP contribution in [-0.2, 0) is 0 Å². The summed E-state index contributed by atoms with van der Waals surface area (Å²) in [5.41, 5.74) is 0. The normalized spacial score (nSPS) is 23.8. The van der Waals surface area contributed by atoms with Crippen LogP contribution in [-0.4, -0.2) is 26.2 Å². The average molecular weight is 168 g/mol. The fourth-order valence-corrected chi connectivity index (χ4v) is 1.61. The van der Waals surface area contributed by atoms with Crippen LogP contribution in [0, 0.1) is 5.92 Å². The molecule has 1 heterocycles. The molecule has 70 valence electrons. The minimum absolute atomic E-state index is 0.851. The van der Waals surface area contributed by atoms with Gasteiger partial charge < -0.3 is 10.6 Å². The summed E-state index contributed by atoms with van der Waals surface area (Å²) in [5, 5.41) is 6.86. The molecule has 0 aromatic heterocycles. The lowest BCUT2D eigenvalue weighted by Gasteiger charge is -2.22. The van der Waals surface area contributed by atoms with Gasteiger partial charge in [0.05, 0.1) is 0 Å². The minimum atomic E-state index is 0.851. The van der Waals surface area contributed by atoms with Gasteiger partial charge in [0.1, 0.15) is 0 Å². The molecule has 1 rings (SSSR count). The molecule has 0 aliphatic carbocycles. The van der Waals surface area contributed by atoms with Crippen LogP contribution >= 0.6 is 0 Å². The van der Waals surface area contributed by atoms with Crippen molar-refractivity contribution in [3.63, 3.8) is 0 Å². The van der Waals surface area contributed by atoms with Crippen molar-refractivity contribution in [2.24, 2.45) is 5.92 Å². The smallest absolute Gasteiger partial charge is 0.000825 e. The molecule has 0 radical (unpaired) electrons. The van der Waals surface area contributed by atoms with E-state index >= 15 is 0 Å². The SMILES string of the molecule is C=CCCNCC1CCCNC1. The molecule has 0 bridgehead atoms. The van der Waals surface area contributed by atoms with Crippen molar-refractivity contribution in [2.45, 2.75) is 19.3 Å². The molecule has 0 saturated carbocycles. The van der Waals surface area contributed by atoms with E-state index in [4.69, 9.17) is 0 Å². The Morgan fingerprint density at radius 3 is 3.17 bits per heavy atom. The Morgan fingerprint density at radius 2 is 2.50 bits per heavy atom. The van der Waals surface area contributed by atoms with Crippen LogP contribution in [0.2, 0.25) is 0 Å². The summed E-state index contributed by atoms with van der Waals surface area (Å²) in [6, 6.07) is 0. The summed E-state index contributed by atoms with van der Waals surface area (Å²) in [4.78, 5) is 0. The van der Waals surface area contributed by atoms with Gasteiger partial charge in [0.25, 0.3) is 0 Å². The maximum atomic E-state index is 3.69. The van der Waals surface area contributed by atoms with Gasteiger partial charge in [0, 0.05) is 0 Å². The zero-order valence-electron chi connectivity index (χ0n) is 7.81. The number of hydrogen-bond acceptors (Lipinski definition) is 2. The van der Waals surface area contributed by atoms with Crippen LogP contribution in [0.1, 0.15) is 19.3 Å². The summed E-state index contributed by atoms with van der Waals surface area (Å²) >= 11 is 0. The molecule has 1 aliphatic heterocycles. The van der Waals surface area contributed by atoms with E-state index in [9.17, 15) is 0 Å². The van der Waals surface area contributed by atoms with Gasteiger partial charge in [-0.3, -0.25) is 0 Å². The van der Waals surface area contributed by atoms with Crippen LogP contribution in [0.4, 0.5) is 0 Å². The Morgan fingerprint density at radius 1 is 1.58 bits per heavy atom. The molecule has 0 aromatic carbocycles. The lowest BCUT2D eigenvalue weighted by atomic mass is 10.00. The molecule has 1 aliphatic rings. The molecule has 0 aromatic rings. The molecule has 1 saturated heterocycles. The van der Waals surface area contributed by atoms with E-state index < -0.39 is 0 Å². The minimum Gasteiger partial charge on any atom is -0.316 e. The second kappa shape index (κ2) is 6.21. The Balaban J connectivity index is 1.94. The summed E-state index contributed by atoms with van der Waals surface area (Å²) in [6.45, 7) is 8.35. The number of nitrogens with one attached hydrogen (secondary N) is 2. The van der Waals surface area contributed by atoms with Gasteiger partial charge in [-0.25, -0.2) is 0 Å². The third-order valence-electron chi connectivity index (χ3n) is 2.36. The highest BCUT2D eigenvalue weighted by molar-refractivity contribution is 4.72. The number of piperidine rings is 1. The van der Waals surface area contributed by atoms with Crippen molar-refractivity contribution in [1.82, 2.24) is 10.6 Å². The molecule has 1 atom stereocenters. The highest BCUT2D eigenvalue weighted by Crippen LogP contribution is 2.07. The van der Waals surface area contributed by atoms with Crippen molar-refractivity contribution >= 4 is 0 Å². The van der Waals surface area contributed by atoms with Crippen molar-refractivity contribution in [3.8, 4) is 0 Å². The maximum Gasteiger partial charge on any atom is -0.000825 e. The van der Waals surface area contributed by atoms with E-state index in [-0.39, 0.29) is 0 Å². The van der Waals surface area contributed by atoms with Crippen molar-refractivity contribution < 1.29 is 0 Å². The fraction of sp³-hybridized carbons (Fsp3) is 0.800. The first-order chi connectivity index (χ1) is 5.93. The monoisotopic (exact) mass is 168 g/mol. The van der Waals surface area contributed by atoms with E-state index in [2.05, 4.69) is 17.2 Å². The second-order valence-electron chi connectivity index (χ2n) is 3.49. The second-order valence-corrected chi connectivity index (χ2v) is 3.49. The lowest BCUT2D eigenvalue weighted by Crippen LogP contribution is -2.36. The van der Waals surface area contributed by atoms with E-state index in [1.165, 1.54) is 32.5 Å². The van der Waals surface area contributed by atoms with Crippen LogP contribution in [0.25, 0.3) is 0 Å². The van der Waals surface area contributed by atoms with Crippen LogP contribution in [0.3, 0.4) is 0 Å². The van der Waals surface area contributed by atoms with Crippen LogP contribution in [0.15, 0.2) is 12.7 Å². The molecule has 2 heteroatoms. The predicted octanol–water partition coefficient (Wildman–Crippen LogP) is 1.15. The van der Waals surface area contributed by atoms with Gasteiger partial charge >= 0.3 is 0 Å². The Hall–Kier alpha value is -0.340. The van der Waals surface area contributed by atoms with E-state index in [1.54, 1.807) is 0 Å². The van der Waals surface area contributed by atoms with Gasteiger partial charge in [-0.05, 0) is 51.4 Å². The third-order valence-corrected chi connectivity index (χ3v) is 2.36. The molecule has 2 N–H and O–H groups in total. The molecule has 1 unspecified atom stereocenters. The van der Waals surface area contributed by atoms with E-state index in [1.807, 2.05) is 6.08 Å². The van der Waals surface area contributed by atoms with Gasteiger partial charge in [-0.1, -0.05) is 6.08 Å². The molecular formula is C10H20N2. The van der Waals surface area contributed by atoms with Gasteiger partial charge in [0.2, 0.25) is 0 Å². The largest absolute Gasteiger partial charge is 0.316 e. The van der Waals surface area contributed by atoms with Crippen LogP contribution < -0.4 is 10.6 Å². The standard InChI is InChI=1S/C10H20N2/c1-2-3-6-11-8-10-5-4-7-12-9-10/h2,10-12H,1,3-9H2. The summed E-state index contributed by atoms with van der Waals surface area (Å²) in [5.74, 6) is 0.851. The molecule has 0 amide bonds. The van der Waals surface area contributed by atoms with Gasteiger partial charge in [-0.15, -0.1) is 6.58 Å². The van der Waals surface area contributed by atoms with Gasteiger partial charge in [-0.2, -0.15) is 0 Å². The quantitative estimate of drug-likeness (QED) is 0.475. The molecule has 1 fully saturated rings. The molecular weight excluding hydrogens is 148 g/mol. The Kier molecular flexibility index (Phi) is 5.04. The highest BCUT2D eigenvalue weighted by atomic mass is 14.9. The number of hydrogen-bond donors (Lipinski definition) is 2. The van der Waals surface area contributed by atoms with Gasteiger partial charge in [0.15, 0.2) is 0 Å². The Bertz CT molecular complexity index is 117. The topological polar surface area (TPSA) is 24.1 Å². The summed E-state index contributed by atoms with van der Waals surface area (Å²) in [6.07, 6.45) is 5.77. The summed E-state index contributed by atoms with van der Waals surface area (Å²) < 4.78 is 0. The molecule has 2 nitrogen and oxygen atoms in total. The lowest BCUT2D eigenvalue weighted by molar-refractivity contribution is 0.361. The zero-order chi connectivity index (χ0) is 8.65. The van der Waals surface area contributed by atoms with Crippen molar-refractivity contribution in [2.75, 3.05) is 26.2 Å².